The second kappa shape index (κ2) is 9.24. The maximum atomic E-state index is 13.3. The first-order chi connectivity index (χ1) is 17.9. The number of hydrogen-bond donors (Lipinski definition) is 1. The molecule has 0 saturated heterocycles. The fourth-order valence-electron chi connectivity index (χ4n) is 4.43. The van der Waals surface area contributed by atoms with Gasteiger partial charge in [-0.15, -0.1) is 0 Å². The van der Waals surface area contributed by atoms with Gasteiger partial charge in [-0.05, 0) is 31.9 Å². The van der Waals surface area contributed by atoms with Crippen molar-refractivity contribution in [3.05, 3.63) is 69.7 Å². The second-order valence-corrected chi connectivity index (χ2v) is 10.5. The summed E-state index contributed by atoms with van der Waals surface area (Å²) >= 11 is 7.50. The summed E-state index contributed by atoms with van der Waals surface area (Å²) in [6.45, 7) is 2.68. The lowest BCUT2D eigenvalue weighted by Crippen LogP contribution is -2.27. The number of aromatic nitrogens is 5. The summed E-state index contributed by atoms with van der Waals surface area (Å²) in [5.41, 5.74) is 3.75. The molecule has 0 bridgehead atoms. The lowest BCUT2D eigenvalue weighted by molar-refractivity contribution is 0.0739. The van der Waals surface area contributed by atoms with E-state index in [1.807, 2.05) is 11.5 Å². The first-order valence-corrected chi connectivity index (χ1v) is 12.9. The Bertz CT molecular complexity index is 1520. The summed E-state index contributed by atoms with van der Waals surface area (Å²) in [5.74, 6) is 0.0803. The zero-order chi connectivity index (χ0) is 25.7. The first-order valence-electron chi connectivity index (χ1n) is 11.7. The molecule has 4 aromatic heterocycles. The summed E-state index contributed by atoms with van der Waals surface area (Å²) in [6, 6.07) is 3.84. The van der Waals surface area contributed by atoms with E-state index < -0.39 is 0 Å². The minimum absolute atomic E-state index is 0.0551. The van der Waals surface area contributed by atoms with Crippen molar-refractivity contribution in [2.45, 2.75) is 38.9 Å². The standard InChI is InChI=1S/C25H22ClN7O3S/c1-13-5-15(16-6-22(26)29-9-20(16)36-2)17(7-28-13)23(34)31-25-30-18-10-32(11-21(18)37-25)24(35)19-8-27-12-33(19)14-3-4-14/h5-9,12,14H,3-4,10-11H2,1-2H3,(H,30,31,34). The average Bonchev–Trinajstić information content (AvgIpc) is 3.29. The normalized spacial score (nSPS) is 14.5. The van der Waals surface area contributed by atoms with Crippen LogP contribution in [-0.4, -0.2) is 48.3 Å². The maximum absolute atomic E-state index is 13.3. The van der Waals surface area contributed by atoms with Gasteiger partial charge in [-0.2, -0.15) is 0 Å². The van der Waals surface area contributed by atoms with Crippen LogP contribution in [0.15, 0.2) is 37.1 Å². The number of anilines is 1. The van der Waals surface area contributed by atoms with Gasteiger partial charge in [0.05, 0.1) is 55.1 Å². The molecular weight excluding hydrogens is 514 g/mol. The molecule has 1 aliphatic carbocycles. The molecular formula is C25H22ClN7O3S. The van der Waals surface area contributed by atoms with Crippen LogP contribution in [0.1, 0.15) is 56.0 Å². The third kappa shape index (κ3) is 4.44. The van der Waals surface area contributed by atoms with Crippen molar-refractivity contribution in [1.82, 2.24) is 29.4 Å². The predicted molar refractivity (Wildman–Crippen MR) is 138 cm³/mol. The monoisotopic (exact) mass is 535 g/mol. The minimum atomic E-state index is -0.355. The second-order valence-electron chi connectivity index (χ2n) is 9.00. The Balaban J connectivity index is 1.21. The number of rotatable bonds is 6. The zero-order valence-electron chi connectivity index (χ0n) is 20.1. The molecule has 0 unspecified atom stereocenters. The Morgan fingerprint density at radius 2 is 1.97 bits per heavy atom. The van der Waals surface area contributed by atoms with E-state index in [1.54, 1.807) is 29.6 Å². The van der Waals surface area contributed by atoms with E-state index in [2.05, 4.69) is 25.3 Å². The topological polar surface area (TPSA) is 115 Å². The first kappa shape index (κ1) is 23.6. The van der Waals surface area contributed by atoms with E-state index in [0.29, 0.717) is 52.4 Å². The number of carbonyl (C=O) groups is 2. The molecule has 0 radical (unpaired) electrons. The van der Waals surface area contributed by atoms with Crippen LogP contribution in [0, 0.1) is 6.92 Å². The molecule has 1 N–H and O–H groups in total. The van der Waals surface area contributed by atoms with Crippen molar-refractivity contribution < 1.29 is 14.3 Å². The van der Waals surface area contributed by atoms with Crippen molar-refractivity contribution >= 4 is 39.9 Å². The number of imidazole rings is 1. The van der Waals surface area contributed by atoms with Crippen LogP contribution >= 0.6 is 22.9 Å². The summed E-state index contributed by atoms with van der Waals surface area (Å²) < 4.78 is 7.41. The Morgan fingerprint density at radius 1 is 1.14 bits per heavy atom. The quantitative estimate of drug-likeness (QED) is 0.361. The van der Waals surface area contributed by atoms with E-state index in [-0.39, 0.29) is 17.0 Å². The highest BCUT2D eigenvalue weighted by Gasteiger charge is 2.33. The molecule has 1 fully saturated rings. The Morgan fingerprint density at radius 3 is 2.73 bits per heavy atom. The van der Waals surface area contributed by atoms with Gasteiger partial charge in [0.2, 0.25) is 0 Å². The molecule has 6 rings (SSSR count). The average molecular weight is 536 g/mol. The van der Waals surface area contributed by atoms with Crippen LogP contribution in [-0.2, 0) is 13.1 Å². The highest BCUT2D eigenvalue weighted by atomic mass is 35.5. The number of thiazole rings is 1. The number of pyridine rings is 2. The number of halogens is 1. The third-order valence-corrected chi connectivity index (χ3v) is 7.62. The minimum Gasteiger partial charge on any atom is -0.494 e. The number of ether oxygens (including phenoxy) is 1. The fourth-order valence-corrected chi connectivity index (χ4v) is 5.57. The number of nitrogens with zero attached hydrogens (tertiary/aromatic N) is 6. The van der Waals surface area contributed by atoms with Crippen molar-refractivity contribution in [3.8, 4) is 16.9 Å². The SMILES string of the molecule is COc1cnc(Cl)cc1-c1cc(C)ncc1C(=O)Nc1nc2c(s1)CN(C(=O)c1cncn1C1CC1)C2. The van der Waals surface area contributed by atoms with Gasteiger partial charge in [0.25, 0.3) is 11.8 Å². The summed E-state index contributed by atoms with van der Waals surface area (Å²) in [5, 5.41) is 3.65. The molecule has 10 nitrogen and oxygen atoms in total. The Hall–Kier alpha value is -3.83. The van der Waals surface area contributed by atoms with Crippen molar-refractivity contribution in [1.29, 1.82) is 0 Å². The van der Waals surface area contributed by atoms with E-state index >= 15 is 0 Å². The van der Waals surface area contributed by atoms with E-state index in [1.165, 1.54) is 30.8 Å². The van der Waals surface area contributed by atoms with Crippen LogP contribution in [0.2, 0.25) is 5.15 Å². The van der Waals surface area contributed by atoms with Crippen LogP contribution in [0.4, 0.5) is 5.13 Å². The molecule has 12 heteroatoms. The van der Waals surface area contributed by atoms with Crippen molar-refractivity contribution in [3.63, 3.8) is 0 Å². The molecule has 37 heavy (non-hydrogen) atoms. The van der Waals surface area contributed by atoms with Gasteiger partial charge >= 0.3 is 0 Å². The lowest BCUT2D eigenvalue weighted by Gasteiger charge is -2.16. The van der Waals surface area contributed by atoms with E-state index in [9.17, 15) is 9.59 Å². The lowest BCUT2D eigenvalue weighted by atomic mass is 10.0. The van der Waals surface area contributed by atoms with Gasteiger partial charge in [0, 0.05) is 29.1 Å². The van der Waals surface area contributed by atoms with E-state index in [4.69, 9.17) is 16.3 Å². The van der Waals surface area contributed by atoms with Gasteiger partial charge in [-0.1, -0.05) is 22.9 Å². The molecule has 5 heterocycles. The molecule has 0 aromatic carbocycles. The number of nitrogens with one attached hydrogen (secondary N) is 1. The molecule has 2 aliphatic rings. The molecule has 0 atom stereocenters. The Labute approximate surface area is 221 Å². The molecule has 0 spiro atoms. The third-order valence-electron chi connectivity index (χ3n) is 6.42. The molecule has 2 amide bonds. The predicted octanol–water partition coefficient (Wildman–Crippen LogP) is 4.51. The van der Waals surface area contributed by atoms with Gasteiger partial charge in [-0.25, -0.2) is 15.0 Å². The summed E-state index contributed by atoms with van der Waals surface area (Å²) in [4.78, 5) is 46.3. The highest BCUT2D eigenvalue weighted by molar-refractivity contribution is 7.16. The van der Waals surface area contributed by atoms with Crippen LogP contribution in [0.5, 0.6) is 5.75 Å². The molecule has 4 aromatic rings. The Kier molecular flexibility index (Phi) is 5.88. The number of hydrogen-bond acceptors (Lipinski definition) is 8. The number of carbonyl (C=O) groups excluding carboxylic acids is 2. The zero-order valence-corrected chi connectivity index (χ0v) is 21.6. The summed E-state index contributed by atoms with van der Waals surface area (Å²) in [7, 11) is 1.53. The van der Waals surface area contributed by atoms with E-state index in [0.717, 1.165) is 29.1 Å². The fraction of sp³-hybridized carbons (Fsp3) is 0.280. The van der Waals surface area contributed by atoms with Crippen molar-refractivity contribution in [2.24, 2.45) is 0 Å². The highest BCUT2D eigenvalue weighted by Crippen LogP contribution is 2.38. The largest absolute Gasteiger partial charge is 0.494 e. The summed E-state index contributed by atoms with van der Waals surface area (Å²) in [6.07, 6.45) is 8.56. The smallest absolute Gasteiger partial charge is 0.272 e. The molecule has 1 aliphatic heterocycles. The van der Waals surface area contributed by atoms with Gasteiger partial charge in [0.15, 0.2) is 5.13 Å². The van der Waals surface area contributed by atoms with Crippen LogP contribution in [0.3, 0.4) is 0 Å². The van der Waals surface area contributed by atoms with Crippen LogP contribution < -0.4 is 10.1 Å². The number of fused-ring (bicyclic) bond motifs is 1. The van der Waals surface area contributed by atoms with Gasteiger partial charge in [0.1, 0.15) is 16.6 Å². The molecule has 1 saturated carbocycles. The number of aryl methyl sites for hydroxylation is 1. The number of amides is 2. The van der Waals surface area contributed by atoms with Gasteiger partial charge < -0.3 is 14.2 Å². The molecule has 188 valence electrons. The maximum Gasteiger partial charge on any atom is 0.272 e. The van der Waals surface area contributed by atoms with Gasteiger partial charge in [-0.3, -0.25) is 19.9 Å². The van der Waals surface area contributed by atoms with Crippen LogP contribution in [0.25, 0.3) is 11.1 Å². The van der Waals surface area contributed by atoms with Crippen molar-refractivity contribution in [2.75, 3.05) is 12.4 Å². The number of methoxy groups -OCH3 is 1.